The molecule has 3 rings (SSSR count). The van der Waals surface area contributed by atoms with Crippen LogP contribution in [0.25, 0.3) is 0 Å². The van der Waals surface area contributed by atoms with Gasteiger partial charge in [-0.1, -0.05) is 6.07 Å². The fourth-order valence-corrected chi connectivity index (χ4v) is 4.06. The fourth-order valence-electron chi connectivity index (χ4n) is 4.06. The van der Waals surface area contributed by atoms with Crippen molar-refractivity contribution < 1.29 is 18.7 Å². The third-order valence-electron chi connectivity index (χ3n) is 5.37. The molecule has 2 aliphatic heterocycles. The highest BCUT2D eigenvalue weighted by Crippen LogP contribution is 2.31. The fraction of sp³-hybridized carbons (Fsp3) is 0.636. The second-order valence-corrected chi connectivity index (χ2v) is 8.81. The van der Waals surface area contributed by atoms with E-state index in [1.165, 1.54) is 6.07 Å². The lowest BCUT2D eigenvalue weighted by atomic mass is 9.89. The Labute approximate surface area is 166 Å². The number of carbonyl (C=O) groups excluding carboxylic acids is 2. The van der Waals surface area contributed by atoms with Gasteiger partial charge in [-0.05, 0) is 65.0 Å². The number of Topliss-reactive ketones (excluding diaryl/α,β-unsaturated/α-hetero) is 1. The molecular formula is C22H31FN2O3. The largest absolute Gasteiger partial charge is 0.444 e. The molecule has 2 saturated heterocycles. The molecule has 0 spiro atoms. The second kappa shape index (κ2) is 8.50. The lowest BCUT2D eigenvalue weighted by Crippen LogP contribution is -2.45. The van der Waals surface area contributed by atoms with Crippen molar-refractivity contribution >= 4 is 17.6 Å². The summed E-state index contributed by atoms with van der Waals surface area (Å²) in [4.78, 5) is 29.3. The maximum Gasteiger partial charge on any atom is 0.410 e. The molecule has 5 nitrogen and oxygen atoms in total. The predicted molar refractivity (Wildman–Crippen MR) is 107 cm³/mol. The molecule has 0 bridgehead atoms. The molecule has 0 saturated carbocycles. The summed E-state index contributed by atoms with van der Waals surface area (Å²) in [7, 11) is 0. The standard InChI is InChI=1S/C22H31FN2O3/c1-22(2,3)28-21(27)25-14-8-9-16(15-25)20(26)17-10-7-11-18(23)19(17)24-12-5-4-6-13-24/h7,10-11,16H,4-6,8-9,12-15H2,1-3H3. The van der Waals surface area contributed by atoms with Crippen LogP contribution in [-0.4, -0.2) is 48.6 Å². The van der Waals surface area contributed by atoms with Gasteiger partial charge in [-0.3, -0.25) is 4.79 Å². The smallest absolute Gasteiger partial charge is 0.410 e. The van der Waals surface area contributed by atoms with Crippen molar-refractivity contribution in [2.75, 3.05) is 31.1 Å². The molecule has 1 atom stereocenters. The monoisotopic (exact) mass is 390 g/mol. The van der Waals surface area contributed by atoms with E-state index in [4.69, 9.17) is 4.74 Å². The third kappa shape index (κ3) is 4.83. The lowest BCUT2D eigenvalue weighted by Gasteiger charge is -2.35. The van der Waals surface area contributed by atoms with Gasteiger partial charge in [-0.15, -0.1) is 0 Å². The Balaban J connectivity index is 1.78. The first kappa shape index (κ1) is 20.6. The predicted octanol–water partition coefficient (Wildman–Crippen LogP) is 4.65. The SMILES string of the molecule is CC(C)(C)OC(=O)N1CCCC(C(=O)c2cccc(F)c2N2CCCCC2)C1. The molecule has 2 heterocycles. The van der Waals surface area contributed by atoms with E-state index in [0.717, 1.165) is 38.8 Å². The van der Waals surface area contributed by atoms with Crippen molar-refractivity contribution in [3.05, 3.63) is 29.6 Å². The second-order valence-electron chi connectivity index (χ2n) is 8.81. The van der Waals surface area contributed by atoms with Crippen molar-refractivity contribution in [2.24, 2.45) is 5.92 Å². The maximum absolute atomic E-state index is 14.7. The summed E-state index contributed by atoms with van der Waals surface area (Å²) in [5.74, 6) is -0.743. The summed E-state index contributed by atoms with van der Waals surface area (Å²) < 4.78 is 20.1. The summed E-state index contributed by atoms with van der Waals surface area (Å²) in [6, 6.07) is 4.75. The molecule has 1 unspecified atom stereocenters. The molecule has 1 aromatic rings. The van der Waals surface area contributed by atoms with Crippen LogP contribution in [0.3, 0.4) is 0 Å². The number of anilines is 1. The Kier molecular flexibility index (Phi) is 6.26. The number of hydrogen-bond acceptors (Lipinski definition) is 4. The van der Waals surface area contributed by atoms with Crippen molar-refractivity contribution in [3.8, 4) is 0 Å². The first-order chi connectivity index (χ1) is 13.3. The number of likely N-dealkylation sites (tertiary alicyclic amines) is 1. The number of ketones is 1. The first-order valence-electron chi connectivity index (χ1n) is 10.3. The van der Waals surface area contributed by atoms with E-state index in [9.17, 15) is 14.0 Å². The molecule has 0 N–H and O–H groups in total. The highest BCUT2D eigenvalue weighted by Gasteiger charge is 2.33. The Morgan fingerprint density at radius 2 is 1.79 bits per heavy atom. The normalized spacial score (nSPS) is 20.8. The Hall–Kier alpha value is -2.11. The Morgan fingerprint density at radius 3 is 2.46 bits per heavy atom. The molecule has 0 radical (unpaired) electrons. The topological polar surface area (TPSA) is 49.9 Å². The van der Waals surface area contributed by atoms with Crippen LogP contribution >= 0.6 is 0 Å². The summed E-state index contributed by atoms with van der Waals surface area (Å²) in [6.07, 6.45) is 4.22. The Bertz CT molecular complexity index is 723. The van der Waals surface area contributed by atoms with Crippen LogP contribution < -0.4 is 4.90 Å². The van der Waals surface area contributed by atoms with Crippen LogP contribution in [0.4, 0.5) is 14.9 Å². The first-order valence-corrected chi connectivity index (χ1v) is 10.3. The number of benzene rings is 1. The van der Waals surface area contributed by atoms with Gasteiger partial charge in [0.05, 0.1) is 5.69 Å². The molecule has 28 heavy (non-hydrogen) atoms. The summed E-state index contributed by atoms with van der Waals surface area (Å²) in [5, 5.41) is 0. The van der Waals surface area contributed by atoms with Gasteiger partial charge in [0.2, 0.25) is 0 Å². The molecule has 2 aliphatic rings. The summed E-state index contributed by atoms with van der Waals surface area (Å²) in [5.41, 5.74) is 0.303. The van der Waals surface area contributed by atoms with Gasteiger partial charge in [0.25, 0.3) is 0 Å². The number of hydrogen-bond donors (Lipinski definition) is 0. The molecule has 6 heteroatoms. The van der Waals surface area contributed by atoms with E-state index in [-0.39, 0.29) is 23.6 Å². The Morgan fingerprint density at radius 1 is 1.07 bits per heavy atom. The van der Waals surface area contributed by atoms with Crippen molar-refractivity contribution in [3.63, 3.8) is 0 Å². The van der Waals surface area contributed by atoms with Crippen molar-refractivity contribution in [1.29, 1.82) is 0 Å². The highest BCUT2D eigenvalue weighted by molar-refractivity contribution is 6.03. The zero-order chi connectivity index (χ0) is 20.3. The van der Waals surface area contributed by atoms with Crippen LogP contribution in [0.5, 0.6) is 0 Å². The minimum atomic E-state index is -0.571. The highest BCUT2D eigenvalue weighted by atomic mass is 19.1. The lowest BCUT2D eigenvalue weighted by molar-refractivity contribution is 0.0172. The number of halogens is 1. The van der Waals surface area contributed by atoms with E-state index < -0.39 is 5.60 Å². The van der Waals surface area contributed by atoms with Crippen LogP contribution in [0.15, 0.2) is 18.2 Å². The number of carbonyl (C=O) groups is 2. The number of piperidine rings is 2. The van der Waals surface area contributed by atoms with E-state index in [1.54, 1.807) is 17.0 Å². The molecule has 0 aromatic heterocycles. The van der Waals surface area contributed by atoms with E-state index in [0.29, 0.717) is 30.8 Å². The summed E-state index contributed by atoms with van der Waals surface area (Å²) in [6.45, 7) is 7.94. The number of amides is 1. The van der Waals surface area contributed by atoms with Crippen LogP contribution in [0.2, 0.25) is 0 Å². The average molecular weight is 390 g/mol. The van der Waals surface area contributed by atoms with Gasteiger partial charge in [0, 0.05) is 37.7 Å². The van der Waals surface area contributed by atoms with Gasteiger partial charge < -0.3 is 14.5 Å². The average Bonchev–Trinajstić information content (AvgIpc) is 2.66. The van der Waals surface area contributed by atoms with Crippen molar-refractivity contribution in [2.45, 2.75) is 58.5 Å². The van der Waals surface area contributed by atoms with Crippen LogP contribution in [0.1, 0.15) is 63.2 Å². The molecular weight excluding hydrogens is 359 g/mol. The van der Waals surface area contributed by atoms with Gasteiger partial charge in [0.1, 0.15) is 11.4 Å². The van der Waals surface area contributed by atoms with E-state index >= 15 is 0 Å². The van der Waals surface area contributed by atoms with Gasteiger partial charge in [-0.25, -0.2) is 9.18 Å². The number of ether oxygens (including phenoxy) is 1. The molecule has 1 amide bonds. The maximum atomic E-state index is 14.7. The van der Waals surface area contributed by atoms with Gasteiger partial charge in [-0.2, -0.15) is 0 Å². The number of para-hydroxylation sites is 1. The third-order valence-corrected chi connectivity index (χ3v) is 5.37. The number of nitrogens with zero attached hydrogens (tertiary/aromatic N) is 2. The van der Waals surface area contributed by atoms with Gasteiger partial charge >= 0.3 is 6.09 Å². The summed E-state index contributed by atoms with van der Waals surface area (Å²) >= 11 is 0. The van der Waals surface area contributed by atoms with Gasteiger partial charge in [0.15, 0.2) is 5.78 Å². The minimum absolute atomic E-state index is 0.0756. The molecule has 0 aliphatic carbocycles. The van der Waals surface area contributed by atoms with Crippen LogP contribution in [0, 0.1) is 11.7 Å². The molecule has 1 aromatic carbocycles. The zero-order valence-electron chi connectivity index (χ0n) is 17.2. The van der Waals surface area contributed by atoms with Crippen molar-refractivity contribution in [1.82, 2.24) is 4.90 Å². The molecule has 154 valence electrons. The minimum Gasteiger partial charge on any atom is -0.444 e. The molecule has 2 fully saturated rings. The van der Waals surface area contributed by atoms with Crippen LogP contribution in [-0.2, 0) is 4.74 Å². The zero-order valence-corrected chi connectivity index (χ0v) is 17.2. The van der Waals surface area contributed by atoms with E-state index in [2.05, 4.69) is 0 Å². The number of rotatable bonds is 3. The quantitative estimate of drug-likeness (QED) is 0.705. The van der Waals surface area contributed by atoms with E-state index in [1.807, 2.05) is 25.7 Å².